The number of para-hydroxylation sites is 1. The van der Waals surface area contributed by atoms with Gasteiger partial charge in [-0.1, -0.05) is 24.3 Å². The summed E-state index contributed by atoms with van der Waals surface area (Å²) in [7, 11) is 0. The van der Waals surface area contributed by atoms with Gasteiger partial charge in [0.25, 0.3) is 5.69 Å². The molecule has 2 N–H and O–H groups in total. The van der Waals surface area contributed by atoms with E-state index in [9.17, 15) is 20.0 Å². The molecular weight excluding hydrogens is 360 g/mol. The molecule has 146 valence electrons. The van der Waals surface area contributed by atoms with Crippen LogP contribution >= 0.6 is 0 Å². The average molecular weight is 382 g/mol. The summed E-state index contributed by atoms with van der Waals surface area (Å²) < 4.78 is 0. The molecule has 0 aromatic heterocycles. The number of carbonyl (C=O) groups is 1. The number of nitrogens with zero attached hydrogens (tertiary/aromatic N) is 3. The summed E-state index contributed by atoms with van der Waals surface area (Å²) in [5, 5.41) is 24.3. The highest BCUT2D eigenvalue weighted by Crippen LogP contribution is 2.20. The van der Waals surface area contributed by atoms with Crippen LogP contribution in [-0.4, -0.2) is 40.1 Å². The third-order valence-corrected chi connectivity index (χ3v) is 4.83. The fourth-order valence-corrected chi connectivity index (χ4v) is 3.19. The summed E-state index contributed by atoms with van der Waals surface area (Å²) in [6, 6.07) is 13.3. The monoisotopic (exact) mass is 382 g/mol. The number of carbonyl (C=O) groups excluding carboxylic acids is 1. The zero-order valence-electron chi connectivity index (χ0n) is 15.3. The molecule has 0 atom stereocenters. The Morgan fingerprint density at radius 2 is 1.89 bits per heavy atom. The summed E-state index contributed by atoms with van der Waals surface area (Å²) in [4.78, 5) is 24.8. The smallest absolute Gasteiger partial charge is 0.269 e. The van der Waals surface area contributed by atoms with Gasteiger partial charge in [0.15, 0.2) is 0 Å². The van der Waals surface area contributed by atoms with Crippen molar-refractivity contribution in [1.29, 1.82) is 0 Å². The Hall–Kier alpha value is -3.26. The van der Waals surface area contributed by atoms with Crippen molar-refractivity contribution in [3.05, 3.63) is 69.8 Å². The minimum Gasteiger partial charge on any atom is -0.507 e. The predicted octanol–water partition coefficient (Wildman–Crippen LogP) is 2.66. The summed E-state index contributed by atoms with van der Waals surface area (Å²) in [5.41, 5.74) is 4.19. The summed E-state index contributed by atoms with van der Waals surface area (Å²) >= 11 is 0. The lowest BCUT2D eigenvalue weighted by Gasteiger charge is -2.30. The summed E-state index contributed by atoms with van der Waals surface area (Å²) in [5.74, 6) is -0.115. The Morgan fingerprint density at radius 1 is 1.21 bits per heavy atom. The molecule has 0 saturated carbocycles. The van der Waals surface area contributed by atoms with Gasteiger partial charge in [-0.2, -0.15) is 5.10 Å². The molecule has 1 heterocycles. The number of nitro groups is 1. The van der Waals surface area contributed by atoms with Gasteiger partial charge in [0.2, 0.25) is 5.91 Å². The zero-order chi connectivity index (χ0) is 19.9. The van der Waals surface area contributed by atoms with Gasteiger partial charge in [0.05, 0.1) is 11.1 Å². The van der Waals surface area contributed by atoms with Crippen molar-refractivity contribution in [3.63, 3.8) is 0 Å². The van der Waals surface area contributed by atoms with Crippen LogP contribution in [0.4, 0.5) is 5.69 Å². The van der Waals surface area contributed by atoms with Crippen LogP contribution in [0.5, 0.6) is 5.75 Å². The molecule has 1 aliphatic rings. The Kier molecular flexibility index (Phi) is 6.33. The number of hydrogen-bond donors (Lipinski definition) is 2. The van der Waals surface area contributed by atoms with E-state index in [4.69, 9.17) is 0 Å². The summed E-state index contributed by atoms with van der Waals surface area (Å²) in [6.45, 7) is 2.26. The Balaban J connectivity index is 1.45. The van der Waals surface area contributed by atoms with Crippen LogP contribution in [0.1, 0.15) is 24.0 Å². The Bertz CT molecular complexity index is 859. The number of piperidine rings is 1. The van der Waals surface area contributed by atoms with Gasteiger partial charge in [-0.3, -0.25) is 19.8 Å². The van der Waals surface area contributed by atoms with Gasteiger partial charge < -0.3 is 5.11 Å². The number of likely N-dealkylation sites (tertiary alicyclic amines) is 1. The van der Waals surface area contributed by atoms with Gasteiger partial charge in [-0.05, 0) is 43.6 Å². The van der Waals surface area contributed by atoms with Crippen molar-refractivity contribution >= 4 is 17.8 Å². The van der Waals surface area contributed by atoms with E-state index in [-0.39, 0.29) is 23.3 Å². The van der Waals surface area contributed by atoms with Crippen LogP contribution in [0.2, 0.25) is 0 Å². The molecule has 0 aliphatic carbocycles. The highest BCUT2D eigenvalue weighted by Gasteiger charge is 2.24. The number of non-ortho nitro benzene ring substituents is 1. The van der Waals surface area contributed by atoms with E-state index in [1.54, 1.807) is 36.4 Å². The normalized spacial score (nSPS) is 15.6. The van der Waals surface area contributed by atoms with E-state index in [0.717, 1.165) is 31.5 Å². The van der Waals surface area contributed by atoms with Crippen LogP contribution in [0.15, 0.2) is 53.6 Å². The van der Waals surface area contributed by atoms with Crippen molar-refractivity contribution in [2.75, 3.05) is 13.1 Å². The number of amides is 1. The number of nitro benzene ring substituents is 1. The van der Waals surface area contributed by atoms with Gasteiger partial charge in [0.1, 0.15) is 5.75 Å². The molecule has 0 radical (unpaired) electrons. The lowest BCUT2D eigenvalue weighted by atomic mass is 9.96. The predicted molar refractivity (Wildman–Crippen MR) is 105 cm³/mol. The number of hydrogen-bond acceptors (Lipinski definition) is 6. The molecule has 1 saturated heterocycles. The first-order valence-electron chi connectivity index (χ1n) is 9.09. The first-order chi connectivity index (χ1) is 13.5. The molecule has 8 heteroatoms. The van der Waals surface area contributed by atoms with Crippen molar-refractivity contribution < 1.29 is 14.8 Å². The van der Waals surface area contributed by atoms with Crippen LogP contribution in [-0.2, 0) is 11.3 Å². The minimum atomic E-state index is -0.407. The lowest BCUT2D eigenvalue weighted by molar-refractivity contribution is -0.384. The Labute approximate surface area is 162 Å². The van der Waals surface area contributed by atoms with Gasteiger partial charge in [-0.25, -0.2) is 5.43 Å². The van der Waals surface area contributed by atoms with E-state index < -0.39 is 4.92 Å². The van der Waals surface area contributed by atoms with Crippen LogP contribution in [0, 0.1) is 16.0 Å². The SMILES string of the molecule is O=C(N/N=C\c1ccccc1O)C1CCN(Cc2ccc([N+](=O)[O-])cc2)CC1. The van der Waals surface area contributed by atoms with Crippen LogP contribution in [0.3, 0.4) is 0 Å². The van der Waals surface area contributed by atoms with Crippen LogP contribution < -0.4 is 5.43 Å². The fourth-order valence-electron chi connectivity index (χ4n) is 3.19. The third kappa shape index (κ3) is 5.14. The highest BCUT2D eigenvalue weighted by molar-refractivity contribution is 5.85. The quantitative estimate of drug-likeness (QED) is 0.454. The second-order valence-electron chi connectivity index (χ2n) is 6.77. The van der Waals surface area contributed by atoms with Crippen molar-refractivity contribution in [3.8, 4) is 5.75 Å². The molecule has 1 aliphatic heterocycles. The average Bonchev–Trinajstić information content (AvgIpc) is 2.70. The number of benzene rings is 2. The molecule has 8 nitrogen and oxygen atoms in total. The van der Waals surface area contributed by atoms with E-state index >= 15 is 0 Å². The lowest BCUT2D eigenvalue weighted by Crippen LogP contribution is -2.39. The topological polar surface area (TPSA) is 108 Å². The molecular formula is C20H22N4O4. The molecule has 2 aromatic rings. The number of phenols is 1. The molecule has 0 spiro atoms. The molecule has 28 heavy (non-hydrogen) atoms. The van der Waals surface area contributed by atoms with E-state index in [1.165, 1.54) is 18.3 Å². The summed E-state index contributed by atoms with van der Waals surface area (Å²) in [6.07, 6.45) is 2.88. The molecule has 3 rings (SSSR count). The first-order valence-corrected chi connectivity index (χ1v) is 9.09. The first kappa shape index (κ1) is 19.5. The van der Waals surface area contributed by atoms with Gasteiger partial charge >= 0.3 is 0 Å². The maximum absolute atomic E-state index is 12.3. The van der Waals surface area contributed by atoms with E-state index in [1.807, 2.05) is 0 Å². The van der Waals surface area contributed by atoms with E-state index in [0.29, 0.717) is 12.1 Å². The second-order valence-corrected chi connectivity index (χ2v) is 6.77. The van der Waals surface area contributed by atoms with Crippen LogP contribution in [0.25, 0.3) is 0 Å². The zero-order valence-corrected chi connectivity index (χ0v) is 15.3. The number of hydrazone groups is 1. The van der Waals surface area contributed by atoms with Crippen molar-refractivity contribution in [2.24, 2.45) is 11.0 Å². The number of nitrogens with one attached hydrogen (secondary N) is 1. The van der Waals surface area contributed by atoms with Gasteiger partial charge in [0, 0.05) is 30.2 Å². The van der Waals surface area contributed by atoms with Crippen molar-refractivity contribution in [2.45, 2.75) is 19.4 Å². The maximum atomic E-state index is 12.3. The standard InChI is InChI=1S/C20H22N4O4/c25-19-4-2-1-3-17(19)13-21-22-20(26)16-9-11-23(12-10-16)14-15-5-7-18(8-6-15)24(27)28/h1-8,13,16,25H,9-12,14H2,(H,22,26)/b21-13-. The largest absolute Gasteiger partial charge is 0.507 e. The second kappa shape index (κ2) is 9.09. The molecule has 0 bridgehead atoms. The molecule has 2 aromatic carbocycles. The minimum absolute atomic E-state index is 0.0866. The molecule has 1 fully saturated rings. The molecule has 1 amide bonds. The molecule has 0 unspecified atom stereocenters. The van der Waals surface area contributed by atoms with E-state index in [2.05, 4.69) is 15.4 Å². The Morgan fingerprint density at radius 3 is 2.54 bits per heavy atom. The van der Waals surface area contributed by atoms with Gasteiger partial charge in [-0.15, -0.1) is 0 Å². The fraction of sp³-hybridized carbons (Fsp3) is 0.300. The number of phenolic OH excluding ortho intramolecular Hbond substituents is 1. The maximum Gasteiger partial charge on any atom is 0.269 e. The third-order valence-electron chi connectivity index (χ3n) is 4.83. The number of rotatable bonds is 6. The highest BCUT2D eigenvalue weighted by atomic mass is 16.6. The van der Waals surface area contributed by atoms with Crippen molar-refractivity contribution in [1.82, 2.24) is 10.3 Å². The number of aromatic hydroxyl groups is 1.